The van der Waals surface area contributed by atoms with Gasteiger partial charge in [0, 0.05) is 0 Å². The zero-order valence-corrected chi connectivity index (χ0v) is 6.28. The summed E-state index contributed by atoms with van der Waals surface area (Å²) in [6, 6.07) is 0. The van der Waals surface area contributed by atoms with Crippen molar-refractivity contribution < 1.29 is 0 Å². The van der Waals surface area contributed by atoms with Crippen LogP contribution in [-0.4, -0.2) is 0 Å². The average molecular weight is 122 g/mol. The van der Waals surface area contributed by atoms with Gasteiger partial charge in [0.15, 0.2) is 0 Å². The summed E-state index contributed by atoms with van der Waals surface area (Å²) in [6.45, 7) is 4.42. The molecule has 0 unspecified atom stereocenters. The van der Waals surface area contributed by atoms with E-state index in [0.717, 1.165) is 0 Å². The molecule has 0 aliphatic heterocycles. The van der Waals surface area contributed by atoms with Gasteiger partial charge in [-0.2, -0.15) is 0 Å². The molecule has 0 saturated carbocycles. The van der Waals surface area contributed by atoms with E-state index in [1.165, 1.54) is 24.8 Å². The van der Waals surface area contributed by atoms with Crippen LogP contribution in [0.3, 0.4) is 0 Å². The molecule has 0 radical (unpaired) electrons. The highest BCUT2D eigenvalue weighted by Crippen LogP contribution is 2.18. The van der Waals surface area contributed by atoms with Crippen LogP contribution in [-0.2, 0) is 0 Å². The minimum Gasteiger partial charge on any atom is -0.0812 e. The van der Waals surface area contributed by atoms with Crippen LogP contribution in [0.4, 0.5) is 0 Å². The maximum Gasteiger partial charge on any atom is -0.0136 e. The second-order valence-electron chi connectivity index (χ2n) is 2.67. The summed E-state index contributed by atoms with van der Waals surface area (Å²) in [6.07, 6.45) is 8.30. The molecule has 0 aromatic carbocycles. The number of hydrogen-bond acceptors (Lipinski definition) is 0. The highest BCUT2D eigenvalue weighted by Gasteiger charge is 1.97. The summed E-state index contributed by atoms with van der Waals surface area (Å²) in [5, 5.41) is 0. The molecule has 1 aliphatic rings. The number of rotatable bonds is 1. The highest BCUT2D eigenvalue weighted by molar-refractivity contribution is 5.19. The average Bonchev–Trinajstić information content (AvgIpc) is 1.90. The van der Waals surface area contributed by atoms with Gasteiger partial charge in [0.05, 0.1) is 0 Å². The molecule has 0 spiro atoms. The van der Waals surface area contributed by atoms with Gasteiger partial charge < -0.3 is 0 Å². The Bertz CT molecular complexity index is 149. The first-order valence-corrected chi connectivity index (χ1v) is 3.66. The molecule has 9 heavy (non-hydrogen) atoms. The Morgan fingerprint density at radius 1 is 1.33 bits per heavy atom. The van der Waals surface area contributed by atoms with Crippen molar-refractivity contribution in [3.63, 3.8) is 0 Å². The molecule has 0 fully saturated rings. The summed E-state index contributed by atoms with van der Waals surface area (Å²) < 4.78 is 0. The third-order valence-electron chi connectivity index (χ3n) is 1.88. The lowest BCUT2D eigenvalue weighted by atomic mass is 9.99. The Hall–Kier alpha value is -0.520. The van der Waals surface area contributed by atoms with Crippen LogP contribution < -0.4 is 0 Å². The minimum absolute atomic E-state index is 1.18. The van der Waals surface area contributed by atoms with E-state index >= 15 is 0 Å². The van der Waals surface area contributed by atoms with Gasteiger partial charge in [-0.15, -0.1) is 0 Å². The zero-order valence-electron chi connectivity index (χ0n) is 6.28. The quantitative estimate of drug-likeness (QED) is 0.469. The Morgan fingerprint density at radius 2 is 2.11 bits per heavy atom. The normalized spacial score (nSPS) is 18.9. The first-order valence-electron chi connectivity index (χ1n) is 3.66. The Morgan fingerprint density at radius 3 is 2.56 bits per heavy atom. The van der Waals surface area contributed by atoms with Gasteiger partial charge in [0.25, 0.3) is 0 Å². The van der Waals surface area contributed by atoms with E-state index in [9.17, 15) is 0 Å². The molecule has 0 atom stereocenters. The Kier molecular flexibility index (Phi) is 2.10. The van der Waals surface area contributed by atoms with Crippen molar-refractivity contribution in [1.82, 2.24) is 0 Å². The molecule has 0 heterocycles. The monoisotopic (exact) mass is 122 g/mol. The molecule has 50 valence electrons. The van der Waals surface area contributed by atoms with Crippen molar-refractivity contribution in [2.45, 2.75) is 33.1 Å². The molecule has 0 heteroatoms. The van der Waals surface area contributed by atoms with E-state index in [1.54, 1.807) is 5.57 Å². The molecule has 0 nitrogen and oxygen atoms in total. The van der Waals surface area contributed by atoms with Crippen LogP contribution >= 0.6 is 0 Å². The summed E-state index contributed by atoms with van der Waals surface area (Å²) in [5.41, 5.74) is 3.12. The molecule has 0 aromatic rings. The molecule has 0 bridgehead atoms. The van der Waals surface area contributed by atoms with Gasteiger partial charge in [0.1, 0.15) is 0 Å². The fourth-order valence-electron chi connectivity index (χ4n) is 1.07. The lowest BCUT2D eigenvalue weighted by molar-refractivity contribution is 0.962. The topological polar surface area (TPSA) is 0 Å². The summed E-state index contributed by atoms with van der Waals surface area (Å²) in [7, 11) is 0. The molecule has 0 N–H and O–H groups in total. The SMILES string of the molecule is CCC1=CCC(C)=CC1. The van der Waals surface area contributed by atoms with Gasteiger partial charge in [-0.1, -0.05) is 30.2 Å². The lowest BCUT2D eigenvalue weighted by Gasteiger charge is -2.07. The third-order valence-corrected chi connectivity index (χ3v) is 1.88. The first kappa shape index (κ1) is 6.60. The first-order chi connectivity index (χ1) is 4.33. The standard InChI is InChI=1S/C9H14/c1-3-9-6-4-8(2)5-7-9/h4,7H,3,5-6H2,1-2H3. The second-order valence-corrected chi connectivity index (χ2v) is 2.67. The van der Waals surface area contributed by atoms with Crippen molar-refractivity contribution in [3.8, 4) is 0 Å². The van der Waals surface area contributed by atoms with E-state index in [4.69, 9.17) is 0 Å². The highest BCUT2D eigenvalue weighted by atomic mass is 14.0. The zero-order chi connectivity index (χ0) is 6.69. The number of hydrogen-bond donors (Lipinski definition) is 0. The van der Waals surface area contributed by atoms with Crippen molar-refractivity contribution >= 4 is 0 Å². The minimum atomic E-state index is 1.18. The van der Waals surface area contributed by atoms with Crippen molar-refractivity contribution in [2.75, 3.05) is 0 Å². The van der Waals surface area contributed by atoms with Crippen LogP contribution in [0.15, 0.2) is 23.3 Å². The van der Waals surface area contributed by atoms with Gasteiger partial charge in [0.2, 0.25) is 0 Å². The van der Waals surface area contributed by atoms with E-state index in [1.807, 2.05) is 0 Å². The van der Waals surface area contributed by atoms with Crippen LogP contribution in [0.25, 0.3) is 0 Å². The number of allylic oxidation sites excluding steroid dienone is 4. The smallest absolute Gasteiger partial charge is 0.0136 e. The van der Waals surface area contributed by atoms with Crippen molar-refractivity contribution in [3.05, 3.63) is 23.3 Å². The fraction of sp³-hybridized carbons (Fsp3) is 0.556. The predicted molar refractivity (Wildman–Crippen MR) is 41.4 cm³/mol. The second kappa shape index (κ2) is 2.86. The van der Waals surface area contributed by atoms with Gasteiger partial charge >= 0.3 is 0 Å². The van der Waals surface area contributed by atoms with E-state index in [2.05, 4.69) is 26.0 Å². The van der Waals surface area contributed by atoms with Crippen LogP contribution in [0.5, 0.6) is 0 Å². The molecule has 0 saturated heterocycles. The van der Waals surface area contributed by atoms with Crippen molar-refractivity contribution in [2.24, 2.45) is 0 Å². The lowest BCUT2D eigenvalue weighted by Crippen LogP contribution is -1.87. The maximum atomic E-state index is 2.36. The Balaban J connectivity index is 2.48. The molecule has 0 amide bonds. The molecule has 0 aromatic heterocycles. The largest absolute Gasteiger partial charge is 0.0812 e. The van der Waals surface area contributed by atoms with Crippen molar-refractivity contribution in [1.29, 1.82) is 0 Å². The Labute approximate surface area is 57.3 Å². The van der Waals surface area contributed by atoms with E-state index in [-0.39, 0.29) is 0 Å². The molecular weight excluding hydrogens is 108 g/mol. The fourth-order valence-corrected chi connectivity index (χ4v) is 1.07. The van der Waals surface area contributed by atoms with Crippen LogP contribution in [0, 0.1) is 0 Å². The third kappa shape index (κ3) is 1.70. The molecule has 1 aliphatic carbocycles. The van der Waals surface area contributed by atoms with E-state index < -0.39 is 0 Å². The van der Waals surface area contributed by atoms with Crippen LogP contribution in [0.2, 0.25) is 0 Å². The summed E-state index contributed by atoms with van der Waals surface area (Å²) in [5.74, 6) is 0. The summed E-state index contributed by atoms with van der Waals surface area (Å²) in [4.78, 5) is 0. The van der Waals surface area contributed by atoms with Gasteiger partial charge in [-0.05, 0) is 26.2 Å². The summed E-state index contributed by atoms with van der Waals surface area (Å²) >= 11 is 0. The molecule has 1 rings (SSSR count). The van der Waals surface area contributed by atoms with E-state index in [0.29, 0.717) is 0 Å². The molecular formula is C9H14. The van der Waals surface area contributed by atoms with Gasteiger partial charge in [-0.3, -0.25) is 0 Å². The maximum absolute atomic E-state index is 2.36. The predicted octanol–water partition coefficient (Wildman–Crippen LogP) is 3.06. The van der Waals surface area contributed by atoms with Gasteiger partial charge in [-0.25, -0.2) is 0 Å². The van der Waals surface area contributed by atoms with Crippen LogP contribution in [0.1, 0.15) is 33.1 Å².